The van der Waals surface area contributed by atoms with E-state index >= 15 is 0 Å². The highest BCUT2D eigenvalue weighted by Gasteiger charge is 2.36. The monoisotopic (exact) mass is 240 g/mol. The third-order valence-corrected chi connectivity index (χ3v) is 6.49. The molecule has 1 aromatic rings. The summed E-state index contributed by atoms with van der Waals surface area (Å²) in [4.78, 5) is 11.3. The molecule has 88 valence electrons. The maximum atomic E-state index is 12.5. The van der Waals surface area contributed by atoms with Gasteiger partial charge < -0.3 is 9.67 Å². The zero-order valence-electron chi connectivity index (χ0n) is 9.59. The predicted molar refractivity (Wildman–Crippen MR) is 65.5 cm³/mol. The van der Waals surface area contributed by atoms with Gasteiger partial charge in [-0.2, -0.15) is 0 Å². The van der Waals surface area contributed by atoms with Crippen LogP contribution in [-0.2, 0) is 9.36 Å². The van der Waals surface area contributed by atoms with Crippen LogP contribution in [0.4, 0.5) is 0 Å². The second-order valence-corrected chi connectivity index (χ2v) is 7.42. The molecule has 0 heterocycles. The molecule has 0 saturated heterocycles. The lowest BCUT2D eigenvalue weighted by atomic mass is 10.1. The maximum Gasteiger partial charge on any atom is 0.318 e. The van der Waals surface area contributed by atoms with Gasteiger partial charge in [0, 0.05) is 0 Å². The highest BCUT2D eigenvalue weighted by molar-refractivity contribution is 7.65. The molecule has 1 N–H and O–H groups in total. The number of benzene rings is 1. The molecule has 0 fully saturated rings. The summed E-state index contributed by atoms with van der Waals surface area (Å²) in [6.07, 6.45) is 0.852. The average Bonchev–Trinajstić information content (AvgIpc) is 2.30. The minimum Gasteiger partial charge on any atom is -0.480 e. The second-order valence-electron chi connectivity index (χ2n) is 3.74. The molecule has 1 aromatic carbocycles. The van der Waals surface area contributed by atoms with Crippen molar-refractivity contribution in [3.8, 4) is 0 Å². The van der Waals surface area contributed by atoms with Gasteiger partial charge in [-0.15, -0.1) is 0 Å². The van der Waals surface area contributed by atoms with Gasteiger partial charge in [0.25, 0.3) is 0 Å². The molecular formula is C12H17O3P. The SMILES string of the molecule is CCP(=O)(CC)C(C(=O)O)c1ccccc1. The summed E-state index contributed by atoms with van der Waals surface area (Å²) in [5, 5.41) is 9.25. The van der Waals surface area contributed by atoms with Crippen LogP contribution < -0.4 is 0 Å². The molecule has 1 unspecified atom stereocenters. The van der Waals surface area contributed by atoms with Crippen LogP contribution in [0.15, 0.2) is 30.3 Å². The van der Waals surface area contributed by atoms with Crippen molar-refractivity contribution in [2.75, 3.05) is 12.3 Å². The minimum atomic E-state index is -2.67. The summed E-state index contributed by atoms with van der Waals surface area (Å²) >= 11 is 0. The maximum absolute atomic E-state index is 12.5. The highest BCUT2D eigenvalue weighted by Crippen LogP contribution is 2.58. The first-order valence-electron chi connectivity index (χ1n) is 5.40. The Balaban J connectivity index is 3.20. The Morgan fingerprint density at radius 1 is 1.25 bits per heavy atom. The molecule has 3 nitrogen and oxygen atoms in total. The summed E-state index contributed by atoms with van der Waals surface area (Å²) in [6, 6.07) is 8.85. The van der Waals surface area contributed by atoms with E-state index in [1.54, 1.807) is 38.1 Å². The van der Waals surface area contributed by atoms with E-state index in [4.69, 9.17) is 0 Å². The van der Waals surface area contributed by atoms with Gasteiger partial charge in [-0.3, -0.25) is 4.79 Å². The Bertz CT molecular complexity index is 392. The zero-order valence-corrected chi connectivity index (χ0v) is 10.5. The fourth-order valence-electron chi connectivity index (χ4n) is 1.84. The Morgan fingerprint density at radius 3 is 2.12 bits per heavy atom. The summed E-state index contributed by atoms with van der Waals surface area (Å²) in [6.45, 7) is 3.59. The van der Waals surface area contributed by atoms with E-state index in [0.29, 0.717) is 17.9 Å². The summed E-state index contributed by atoms with van der Waals surface area (Å²) < 4.78 is 12.5. The molecular weight excluding hydrogens is 223 g/mol. The van der Waals surface area contributed by atoms with E-state index in [2.05, 4.69) is 0 Å². The van der Waals surface area contributed by atoms with E-state index in [1.165, 1.54) is 0 Å². The number of carboxylic acids is 1. The average molecular weight is 240 g/mol. The van der Waals surface area contributed by atoms with Gasteiger partial charge in [-0.05, 0) is 17.9 Å². The standard InChI is InChI=1S/C12H17O3P/c1-3-16(15,4-2)11(12(13)14)10-8-6-5-7-9-10/h5-9,11H,3-4H2,1-2H3,(H,13,14). The topological polar surface area (TPSA) is 54.4 Å². The third-order valence-electron chi connectivity index (χ3n) is 2.89. The normalized spacial score (nSPS) is 13.4. The summed E-state index contributed by atoms with van der Waals surface area (Å²) in [7, 11) is -2.67. The fraction of sp³-hybridized carbons (Fsp3) is 0.417. The van der Waals surface area contributed by atoms with Crippen molar-refractivity contribution >= 4 is 13.1 Å². The van der Waals surface area contributed by atoms with Crippen LogP contribution >= 0.6 is 7.14 Å². The van der Waals surface area contributed by atoms with Gasteiger partial charge in [-0.25, -0.2) is 0 Å². The molecule has 1 rings (SSSR count). The number of carbonyl (C=O) groups is 1. The van der Waals surface area contributed by atoms with E-state index in [9.17, 15) is 14.5 Å². The van der Waals surface area contributed by atoms with Crippen LogP contribution in [0, 0.1) is 0 Å². The number of hydrogen-bond acceptors (Lipinski definition) is 2. The van der Waals surface area contributed by atoms with Crippen LogP contribution in [0.5, 0.6) is 0 Å². The van der Waals surface area contributed by atoms with Gasteiger partial charge in [0.1, 0.15) is 12.8 Å². The van der Waals surface area contributed by atoms with Crippen molar-refractivity contribution in [2.45, 2.75) is 19.5 Å². The molecule has 1 atom stereocenters. The van der Waals surface area contributed by atoms with Crippen LogP contribution in [0.2, 0.25) is 0 Å². The van der Waals surface area contributed by atoms with Gasteiger partial charge >= 0.3 is 5.97 Å². The number of rotatable bonds is 5. The molecule has 4 heteroatoms. The largest absolute Gasteiger partial charge is 0.480 e. The third kappa shape index (κ3) is 2.53. The lowest BCUT2D eigenvalue weighted by Gasteiger charge is -2.22. The van der Waals surface area contributed by atoms with Gasteiger partial charge in [0.15, 0.2) is 0 Å². The minimum absolute atomic E-state index is 0.426. The number of hydrogen-bond donors (Lipinski definition) is 1. The molecule has 16 heavy (non-hydrogen) atoms. The molecule has 0 aliphatic heterocycles. The Kier molecular flexibility index (Phi) is 4.31. The first kappa shape index (κ1) is 13.0. The van der Waals surface area contributed by atoms with Crippen molar-refractivity contribution < 1.29 is 14.5 Å². The molecule has 0 radical (unpaired) electrons. The Hall–Kier alpha value is -1.08. The van der Waals surface area contributed by atoms with Crippen molar-refractivity contribution in [3.63, 3.8) is 0 Å². The van der Waals surface area contributed by atoms with Gasteiger partial charge in [-0.1, -0.05) is 44.2 Å². The molecule has 0 aliphatic carbocycles. The van der Waals surface area contributed by atoms with Crippen molar-refractivity contribution in [2.24, 2.45) is 0 Å². The van der Waals surface area contributed by atoms with E-state index in [1.807, 2.05) is 6.07 Å². The van der Waals surface area contributed by atoms with E-state index in [-0.39, 0.29) is 0 Å². The predicted octanol–water partition coefficient (Wildman–Crippen LogP) is 3.22. The van der Waals surface area contributed by atoms with Gasteiger partial charge in [0.2, 0.25) is 0 Å². The van der Waals surface area contributed by atoms with Crippen LogP contribution in [0.1, 0.15) is 25.1 Å². The highest BCUT2D eigenvalue weighted by atomic mass is 31.2. The van der Waals surface area contributed by atoms with Crippen LogP contribution in [-0.4, -0.2) is 23.4 Å². The first-order chi connectivity index (χ1) is 7.55. The lowest BCUT2D eigenvalue weighted by Crippen LogP contribution is -2.14. The van der Waals surface area contributed by atoms with E-state index in [0.717, 1.165) is 0 Å². The van der Waals surface area contributed by atoms with Crippen molar-refractivity contribution in [1.29, 1.82) is 0 Å². The smallest absolute Gasteiger partial charge is 0.318 e. The van der Waals surface area contributed by atoms with Gasteiger partial charge in [0.05, 0.1) is 0 Å². The Morgan fingerprint density at radius 2 is 1.75 bits per heavy atom. The lowest BCUT2D eigenvalue weighted by molar-refractivity contribution is -0.136. The molecule has 0 amide bonds. The van der Waals surface area contributed by atoms with E-state index < -0.39 is 18.8 Å². The summed E-state index contributed by atoms with van der Waals surface area (Å²) in [5.74, 6) is -0.988. The van der Waals surface area contributed by atoms with Crippen molar-refractivity contribution in [3.05, 3.63) is 35.9 Å². The van der Waals surface area contributed by atoms with Crippen molar-refractivity contribution in [1.82, 2.24) is 0 Å². The first-order valence-corrected chi connectivity index (χ1v) is 7.55. The van der Waals surface area contributed by atoms with Crippen LogP contribution in [0.3, 0.4) is 0 Å². The quantitative estimate of drug-likeness (QED) is 0.804. The van der Waals surface area contributed by atoms with Crippen LogP contribution in [0.25, 0.3) is 0 Å². The summed E-state index contributed by atoms with van der Waals surface area (Å²) in [5.41, 5.74) is -0.217. The molecule has 0 saturated carbocycles. The second kappa shape index (κ2) is 5.31. The molecule has 0 bridgehead atoms. The fourth-order valence-corrected chi connectivity index (χ4v) is 4.14. The number of aliphatic carboxylic acids is 1. The zero-order chi connectivity index (χ0) is 12.2. The number of carboxylic acid groups (broad SMARTS) is 1. The molecule has 0 aromatic heterocycles. The molecule has 0 aliphatic rings. The Labute approximate surface area is 95.9 Å². The molecule has 0 spiro atoms.